The van der Waals surface area contributed by atoms with Crippen molar-refractivity contribution in [2.75, 3.05) is 18.4 Å². The fraction of sp³-hybridized carbons (Fsp3) is 0.250. The van der Waals surface area contributed by atoms with Crippen LogP contribution in [0.25, 0.3) is 21.5 Å². The van der Waals surface area contributed by atoms with Gasteiger partial charge in [-0.15, -0.1) is 11.3 Å². The van der Waals surface area contributed by atoms with Gasteiger partial charge >= 0.3 is 0 Å². The number of rotatable bonds is 9. The number of benzene rings is 1. The van der Waals surface area contributed by atoms with Crippen molar-refractivity contribution in [1.29, 1.82) is 5.26 Å². The summed E-state index contributed by atoms with van der Waals surface area (Å²) in [5.41, 5.74) is 8.67. The van der Waals surface area contributed by atoms with Gasteiger partial charge < -0.3 is 15.6 Å². The molecule has 10 heteroatoms. The van der Waals surface area contributed by atoms with Gasteiger partial charge in [-0.1, -0.05) is 18.2 Å². The fourth-order valence-electron chi connectivity index (χ4n) is 3.55. The molecule has 0 saturated heterocycles. The number of aromatic amines is 1. The van der Waals surface area contributed by atoms with Crippen LogP contribution in [0.3, 0.4) is 0 Å². The van der Waals surface area contributed by atoms with Gasteiger partial charge in [-0.3, -0.25) is 15.2 Å². The third kappa shape index (κ3) is 5.58. The minimum absolute atomic E-state index is 0.218. The molecule has 5 N–H and O–H groups in total. The summed E-state index contributed by atoms with van der Waals surface area (Å²) in [6.07, 6.45) is 5.28. The number of thiophene rings is 1. The van der Waals surface area contributed by atoms with Gasteiger partial charge in [0.2, 0.25) is 5.95 Å². The van der Waals surface area contributed by atoms with Gasteiger partial charge in [0.1, 0.15) is 0 Å². The Hall–Kier alpha value is -3.78. The zero-order chi connectivity index (χ0) is 24.1. The largest absolute Gasteiger partial charge is 0.322 e. The number of carbonyl (C=O) groups is 1. The van der Waals surface area contributed by atoms with Crippen LogP contribution in [-0.2, 0) is 6.54 Å². The molecule has 1 aromatic carbocycles. The summed E-state index contributed by atoms with van der Waals surface area (Å²) >= 11 is 1.39. The first-order chi connectivity index (χ1) is 16.3. The Balaban J connectivity index is 1.48. The molecule has 9 nitrogen and oxygen atoms in total. The van der Waals surface area contributed by atoms with Crippen LogP contribution in [0.2, 0.25) is 0 Å². The molecule has 1 amide bonds. The Bertz CT molecular complexity index is 1350. The smallest absolute Gasteiger partial charge is 0.268 e. The number of carbonyl (C=O) groups excluding carboxylic acids is 1. The number of nitriles is 1. The molecule has 0 unspecified atom stereocenters. The number of nitrogens with zero attached hydrogens (tertiary/aromatic N) is 4. The van der Waals surface area contributed by atoms with Crippen molar-refractivity contribution in [2.24, 2.45) is 5.73 Å². The SMILES string of the molecule is CC(C)(N)C=C(C#N)CNCCn1c(NC(=O)c2ccc(-c3cn[nH]c3)s2)nc2ccccc21. The van der Waals surface area contributed by atoms with Gasteiger partial charge in [0.25, 0.3) is 5.91 Å². The second-order valence-corrected chi connectivity index (χ2v) is 9.54. The van der Waals surface area contributed by atoms with Crippen molar-refractivity contribution in [3.8, 4) is 16.5 Å². The Morgan fingerprint density at radius 1 is 1.32 bits per heavy atom. The van der Waals surface area contributed by atoms with Crippen molar-refractivity contribution in [3.63, 3.8) is 0 Å². The number of hydrogen-bond donors (Lipinski definition) is 4. The van der Waals surface area contributed by atoms with E-state index in [0.29, 0.717) is 36.0 Å². The summed E-state index contributed by atoms with van der Waals surface area (Å²) in [7, 11) is 0. The molecule has 0 aliphatic heterocycles. The maximum absolute atomic E-state index is 13.0. The van der Waals surface area contributed by atoms with E-state index >= 15 is 0 Å². The van der Waals surface area contributed by atoms with E-state index in [1.165, 1.54) is 11.3 Å². The third-order valence-corrected chi connectivity index (χ3v) is 6.14. The summed E-state index contributed by atoms with van der Waals surface area (Å²) < 4.78 is 1.97. The Morgan fingerprint density at radius 2 is 2.15 bits per heavy atom. The number of fused-ring (bicyclic) bond motifs is 1. The molecule has 0 aliphatic rings. The van der Waals surface area contributed by atoms with Crippen LogP contribution in [0.4, 0.5) is 5.95 Å². The summed E-state index contributed by atoms with van der Waals surface area (Å²) in [4.78, 5) is 19.1. The van der Waals surface area contributed by atoms with E-state index in [0.717, 1.165) is 21.5 Å². The van der Waals surface area contributed by atoms with Crippen LogP contribution in [0.5, 0.6) is 0 Å². The Labute approximate surface area is 201 Å². The second-order valence-electron chi connectivity index (χ2n) is 8.46. The van der Waals surface area contributed by atoms with E-state index < -0.39 is 5.54 Å². The zero-order valence-corrected chi connectivity index (χ0v) is 19.8. The summed E-state index contributed by atoms with van der Waals surface area (Å²) in [6.45, 7) is 5.26. The van der Waals surface area contributed by atoms with Crippen molar-refractivity contribution in [2.45, 2.75) is 25.9 Å². The molecule has 174 valence electrons. The highest BCUT2D eigenvalue weighted by molar-refractivity contribution is 7.17. The van der Waals surface area contributed by atoms with Crippen molar-refractivity contribution >= 4 is 34.2 Å². The van der Waals surface area contributed by atoms with E-state index in [2.05, 4.69) is 31.9 Å². The minimum Gasteiger partial charge on any atom is -0.322 e. The van der Waals surface area contributed by atoms with E-state index in [4.69, 9.17) is 5.73 Å². The first-order valence-corrected chi connectivity index (χ1v) is 11.6. The first-order valence-electron chi connectivity index (χ1n) is 10.8. The van der Waals surface area contributed by atoms with E-state index in [1.807, 2.05) is 48.7 Å². The lowest BCUT2D eigenvalue weighted by atomic mass is 10.0. The average molecular weight is 475 g/mol. The number of anilines is 1. The number of aromatic nitrogens is 4. The molecule has 0 radical (unpaired) electrons. The number of para-hydroxylation sites is 2. The topological polar surface area (TPSA) is 137 Å². The predicted molar refractivity (Wildman–Crippen MR) is 134 cm³/mol. The molecule has 0 aliphatic carbocycles. The molecule has 0 bridgehead atoms. The summed E-state index contributed by atoms with van der Waals surface area (Å²) in [5.74, 6) is 0.259. The average Bonchev–Trinajstić information content (AvgIpc) is 3.55. The molecule has 0 atom stereocenters. The first kappa shape index (κ1) is 23.4. The predicted octanol–water partition coefficient (Wildman–Crippen LogP) is 3.52. The van der Waals surface area contributed by atoms with Crippen LogP contribution in [0, 0.1) is 11.3 Å². The van der Waals surface area contributed by atoms with Crippen LogP contribution >= 0.6 is 11.3 Å². The van der Waals surface area contributed by atoms with E-state index in [1.54, 1.807) is 24.5 Å². The number of H-pyrrole nitrogens is 1. The number of nitrogens with one attached hydrogen (secondary N) is 3. The molecule has 34 heavy (non-hydrogen) atoms. The normalized spacial score (nSPS) is 12.1. The molecular weight excluding hydrogens is 448 g/mol. The zero-order valence-electron chi connectivity index (χ0n) is 19.0. The highest BCUT2D eigenvalue weighted by atomic mass is 32.1. The fourth-order valence-corrected chi connectivity index (χ4v) is 4.43. The van der Waals surface area contributed by atoms with E-state index in [9.17, 15) is 10.1 Å². The molecule has 0 fully saturated rings. The number of amides is 1. The molecule has 4 rings (SSSR count). The standard InChI is InChI=1S/C24H26N8OS/c1-24(2,26)11-16(12-25)13-27-9-10-32-19-6-4-3-5-18(19)30-23(32)31-22(33)21-8-7-20(34-21)17-14-28-29-15-17/h3-8,11,14-15,27H,9-10,13,26H2,1-2H3,(H,28,29)(H,30,31,33). The number of imidazole rings is 1. The molecule has 0 saturated carbocycles. The quantitative estimate of drug-likeness (QED) is 0.216. The van der Waals surface area contributed by atoms with Crippen LogP contribution in [-0.4, -0.2) is 44.3 Å². The van der Waals surface area contributed by atoms with Gasteiger partial charge in [0.15, 0.2) is 0 Å². The maximum Gasteiger partial charge on any atom is 0.268 e. The molecule has 0 spiro atoms. The highest BCUT2D eigenvalue weighted by Crippen LogP contribution is 2.28. The third-order valence-electron chi connectivity index (χ3n) is 5.01. The summed E-state index contributed by atoms with van der Waals surface area (Å²) in [6, 6.07) is 13.6. The van der Waals surface area contributed by atoms with E-state index in [-0.39, 0.29) is 5.91 Å². The monoisotopic (exact) mass is 474 g/mol. The van der Waals surface area contributed by atoms with Crippen molar-refractivity contribution in [1.82, 2.24) is 25.1 Å². The lowest BCUT2D eigenvalue weighted by molar-refractivity contribution is 0.102. The Kier molecular flexibility index (Phi) is 6.88. The lowest BCUT2D eigenvalue weighted by Gasteiger charge is -2.14. The number of hydrogen-bond acceptors (Lipinski definition) is 7. The van der Waals surface area contributed by atoms with Gasteiger partial charge in [-0.25, -0.2) is 4.98 Å². The van der Waals surface area contributed by atoms with Gasteiger partial charge in [-0.2, -0.15) is 10.4 Å². The second kappa shape index (κ2) is 10.0. The Morgan fingerprint density at radius 3 is 2.88 bits per heavy atom. The van der Waals surface area contributed by atoms with Gasteiger partial charge in [0.05, 0.1) is 28.2 Å². The van der Waals surface area contributed by atoms with Crippen LogP contribution in [0.15, 0.2) is 60.4 Å². The van der Waals surface area contributed by atoms with Crippen molar-refractivity contribution < 1.29 is 4.79 Å². The van der Waals surface area contributed by atoms with Crippen LogP contribution in [0.1, 0.15) is 23.5 Å². The minimum atomic E-state index is -0.552. The van der Waals surface area contributed by atoms with Crippen molar-refractivity contribution in [3.05, 3.63) is 65.3 Å². The number of nitrogens with two attached hydrogens (primary N) is 1. The van der Waals surface area contributed by atoms with Crippen LogP contribution < -0.4 is 16.4 Å². The highest BCUT2D eigenvalue weighted by Gasteiger charge is 2.16. The molecule has 3 aromatic heterocycles. The molecule has 3 heterocycles. The lowest BCUT2D eigenvalue weighted by Crippen LogP contribution is -2.31. The maximum atomic E-state index is 13.0. The van der Waals surface area contributed by atoms with Gasteiger partial charge in [-0.05, 0) is 38.1 Å². The van der Waals surface area contributed by atoms with Gasteiger partial charge in [0, 0.05) is 47.4 Å². The molecule has 4 aromatic rings. The molecular formula is C24H26N8OS. The summed E-state index contributed by atoms with van der Waals surface area (Å²) in [5, 5.41) is 22.3.